The minimum atomic E-state index is -1.03. The highest BCUT2D eigenvalue weighted by atomic mass is 16.5. The van der Waals surface area contributed by atoms with E-state index in [-0.39, 0.29) is 19.0 Å². The van der Waals surface area contributed by atoms with Crippen LogP contribution in [0.1, 0.15) is 18.0 Å². The van der Waals surface area contributed by atoms with Gasteiger partial charge >= 0.3 is 18.5 Å². The number of rotatable bonds is 6. The molecule has 0 amide bonds. The Morgan fingerprint density at radius 1 is 1.06 bits per heavy atom. The van der Waals surface area contributed by atoms with Gasteiger partial charge in [0.05, 0.1) is 31.0 Å². The molecule has 2 aliphatic rings. The minimum Gasteiger partial charge on any atom is -0.427 e. The second-order valence-corrected chi connectivity index (χ2v) is 8.49. The summed E-state index contributed by atoms with van der Waals surface area (Å²) < 4.78 is 15.6. The van der Waals surface area contributed by atoms with Gasteiger partial charge in [0.25, 0.3) is 0 Å². The summed E-state index contributed by atoms with van der Waals surface area (Å²) in [6.07, 6.45) is 1.24. The van der Waals surface area contributed by atoms with Gasteiger partial charge in [0.1, 0.15) is 0 Å². The molecule has 0 saturated carbocycles. The van der Waals surface area contributed by atoms with Gasteiger partial charge in [-0.1, -0.05) is 48.5 Å². The third-order valence-electron chi connectivity index (χ3n) is 6.43. The Kier molecular flexibility index (Phi) is 5.93. The van der Waals surface area contributed by atoms with Gasteiger partial charge in [-0.05, 0) is 41.7 Å². The van der Waals surface area contributed by atoms with Crippen LogP contribution in [0.4, 0.5) is 0 Å². The Labute approximate surface area is 191 Å². The molecule has 0 spiro atoms. The predicted molar refractivity (Wildman–Crippen MR) is 125 cm³/mol. The van der Waals surface area contributed by atoms with Gasteiger partial charge in [-0.3, -0.25) is 0 Å². The number of hydrogen-bond acceptors (Lipinski definition) is 5. The monoisotopic (exact) mass is 447 g/mol. The zero-order valence-corrected chi connectivity index (χ0v) is 18.5. The molecule has 1 aromatic heterocycles. The van der Waals surface area contributed by atoms with Crippen LogP contribution in [0.15, 0.2) is 81.4 Å². The van der Waals surface area contributed by atoms with E-state index in [1.54, 1.807) is 31.4 Å². The molecular weight excluding hydrogens is 421 g/mol. The second kappa shape index (κ2) is 9.01. The highest BCUT2D eigenvalue weighted by molar-refractivity contribution is 6.43. The maximum atomic E-state index is 13.5. The first-order chi connectivity index (χ1) is 16.1. The van der Waals surface area contributed by atoms with Gasteiger partial charge in [0.15, 0.2) is 0 Å². The SMILES string of the molecule is COCC1=C2[C@@H](CCc3ccccc3)OB(O)C[C@@H]2n2c(=O)n(-c3ccccc3)c(=O)n2C1. The molecule has 0 unspecified atom stereocenters. The number of aromatic nitrogens is 3. The smallest absolute Gasteiger partial charge is 0.427 e. The van der Waals surface area contributed by atoms with E-state index in [1.165, 1.54) is 19.5 Å². The third kappa shape index (κ3) is 3.92. The van der Waals surface area contributed by atoms with E-state index < -0.39 is 24.5 Å². The molecule has 170 valence electrons. The van der Waals surface area contributed by atoms with E-state index in [9.17, 15) is 14.6 Å². The third-order valence-corrected chi connectivity index (χ3v) is 6.43. The number of methoxy groups -OCH3 is 1. The first kappa shape index (κ1) is 21.7. The van der Waals surface area contributed by atoms with Crippen LogP contribution in [-0.4, -0.2) is 45.9 Å². The fourth-order valence-electron chi connectivity index (χ4n) is 5.03. The Balaban J connectivity index is 1.58. The fourth-order valence-corrected chi connectivity index (χ4v) is 5.03. The van der Waals surface area contributed by atoms with Crippen LogP contribution in [0.2, 0.25) is 6.32 Å². The van der Waals surface area contributed by atoms with Crippen molar-refractivity contribution in [1.29, 1.82) is 0 Å². The highest BCUT2D eigenvalue weighted by Crippen LogP contribution is 2.39. The Hall–Kier alpha value is -3.14. The van der Waals surface area contributed by atoms with Crippen LogP contribution < -0.4 is 11.4 Å². The molecule has 2 aliphatic heterocycles. The van der Waals surface area contributed by atoms with Crippen LogP contribution >= 0.6 is 0 Å². The number of hydrogen-bond donors (Lipinski definition) is 1. The van der Waals surface area contributed by atoms with Crippen molar-refractivity contribution in [1.82, 2.24) is 13.9 Å². The van der Waals surface area contributed by atoms with Gasteiger partial charge in [0, 0.05) is 13.4 Å². The quantitative estimate of drug-likeness (QED) is 0.460. The standard InChI is InChI=1S/C24H26BN3O5/c1-32-16-18-15-26-23(29)27(19-10-6-3-7-11-19)24(30)28(26)20-14-25(31)33-21(22(18)20)13-12-17-8-4-2-5-9-17/h2-11,20-21,31H,12-16H2,1H3/t20-,21+/m0/s1. The summed E-state index contributed by atoms with van der Waals surface area (Å²) >= 11 is 0. The molecule has 1 N–H and O–H groups in total. The zero-order valence-electron chi connectivity index (χ0n) is 18.5. The number of fused-ring (bicyclic) bond motifs is 3. The zero-order chi connectivity index (χ0) is 22.9. The Morgan fingerprint density at radius 3 is 2.45 bits per heavy atom. The van der Waals surface area contributed by atoms with Crippen molar-refractivity contribution >= 4 is 7.12 Å². The van der Waals surface area contributed by atoms with Gasteiger partial charge in [-0.25, -0.2) is 23.5 Å². The van der Waals surface area contributed by atoms with E-state index >= 15 is 0 Å². The second-order valence-electron chi connectivity index (χ2n) is 8.49. The summed E-state index contributed by atoms with van der Waals surface area (Å²) in [7, 11) is 0.580. The lowest BCUT2D eigenvalue weighted by Gasteiger charge is -2.40. The van der Waals surface area contributed by atoms with Crippen LogP contribution in [0.25, 0.3) is 5.69 Å². The molecule has 0 bridgehead atoms. The van der Waals surface area contributed by atoms with Gasteiger partial charge in [0.2, 0.25) is 0 Å². The van der Waals surface area contributed by atoms with Crippen molar-refractivity contribution in [3.05, 3.63) is 98.3 Å². The molecule has 0 radical (unpaired) electrons. The largest absolute Gasteiger partial charge is 0.457 e. The summed E-state index contributed by atoms with van der Waals surface area (Å²) in [5, 5.41) is 10.6. The summed E-state index contributed by atoms with van der Waals surface area (Å²) in [5.74, 6) is 0. The van der Waals surface area contributed by atoms with Crippen molar-refractivity contribution in [3.8, 4) is 5.69 Å². The van der Waals surface area contributed by atoms with Gasteiger partial charge in [-0.2, -0.15) is 0 Å². The molecule has 2 aromatic carbocycles. The van der Waals surface area contributed by atoms with Crippen LogP contribution in [0.3, 0.4) is 0 Å². The molecule has 5 rings (SSSR count). The molecule has 8 nitrogen and oxygen atoms in total. The van der Waals surface area contributed by atoms with Gasteiger partial charge < -0.3 is 14.4 Å². The average molecular weight is 447 g/mol. The Morgan fingerprint density at radius 2 is 1.76 bits per heavy atom. The van der Waals surface area contributed by atoms with Crippen LogP contribution in [0, 0.1) is 0 Å². The number of nitrogens with zero attached hydrogens (tertiary/aromatic N) is 3. The van der Waals surface area contributed by atoms with E-state index in [1.807, 2.05) is 24.3 Å². The first-order valence-electron chi connectivity index (χ1n) is 11.2. The average Bonchev–Trinajstić information content (AvgIpc) is 3.08. The lowest BCUT2D eigenvalue weighted by atomic mass is 9.71. The summed E-state index contributed by atoms with van der Waals surface area (Å²) in [6.45, 7) is 0.569. The fraction of sp³-hybridized carbons (Fsp3) is 0.333. The lowest BCUT2D eigenvalue weighted by Crippen LogP contribution is -2.47. The summed E-state index contributed by atoms with van der Waals surface area (Å²) in [5.41, 5.74) is 2.73. The van der Waals surface area contributed by atoms with Crippen molar-refractivity contribution in [2.45, 2.75) is 37.9 Å². The molecule has 9 heteroatoms. The van der Waals surface area contributed by atoms with Crippen LogP contribution in [0.5, 0.6) is 0 Å². The predicted octanol–water partition coefficient (Wildman–Crippen LogP) is 1.81. The molecular formula is C24H26BN3O5. The summed E-state index contributed by atoms with van der Waals surface area (Å²) in [6, 6.07) is 18.5. The van der Waals surface area contributed by atoms with E-state index in [0.29, 0.717) is 18.7 Å². The number of benzene rings is 2. The van der Waals surface area contributed by atoms with Crippen LogP contribution in [-0.2, 0) is 22.4 Å². The lowest BCUT2D eigenvalue weighted by molar-refractivity contribution is 0.133. The van der Waals surface area contributed by atoms with E-state index in [4.69, 9.17) is 9.39 Å². The molecule has 1 fully saturated rings. The van der Waals surface area contributed by atoms with Gasteiger partial charge in [-0.15, -0.1) is 0 Å². The minimum absolute atomic E-state index is 0.197. The number of ether oxygens (including phenoxy) is 1. The molecule has 1 saturated heterocycles. The van der Waals surface area contributed by atoms with Crippen molar-refractivity contribution < 1.29 is 14.4 Å². The van der Waals surface area contributed by atoms with Crippen molar-refractivity contribution in [3.63, 3.8) is 0 Å². The molecule has 0 aliphatic carbocycles. The number of aryl methyl sites for hydroxylation is 1. The molecule has 3 heterocycles. The molecule has 33 heavy (non-hydrogen) atoms. The molecule has 3 aromatic rings. The van der Waals surface area contributed by atoms with Crippen molar-refractivity contribution in [2.24, 2.45) is 0 Å². The van der Waals surface area contributed by atoms with E-state index in [0.717, 1.165) is 17.6 Å². The van der Waals surface area contributed by atoms with E-state index in [2.05, 4.69) is 12.1 Å². The normalized spacial score (nSPS) is 20.0. The summed E-state index contributed by atoms with van der Waals surface area (Å²) in [4.78, 5) is 26.8. The topological polar surface area (TPSA) is 87.6 Å². The maximum absolute atomic E-state index is 13.5. The highest BCUT2D eigenvalue weighted by Gasteiger charge is 2.43. The number of para-hydroxylation sites is 1. The maximum Gasteiger partial charge on any atom is 0.457 e. The molecule has 2 atom stereocenters. The van der Waals surface area contributed by atoms with Crippen molar-refractivity contribution in [2.75, 3.05) is 13.7 Å². The Bertz CT molecular complexity index is 1280. The first-order valence-corrected chi connectivity index (χ1v) is 11.2.